The molecule has 0 aliphatic carbocycles. The SMILES string of the molecule is CCOC(=O)c1cc2c(ccn2Cc2ccccc2C(F)(F)F)cc1F.OCc1cc2c(ccn2Cc2ccccc2C(F)(F)F)cc1F. The normalized spacial score (nSPS) is 11.9. The molecule has 0 spiro atoms. The van der Waals surface area contributed by atoms with Gasteiger partial charge in [-0.15, -0.1) is 0 Å². The summed E-state index contributed by atoms with van der Waals surface area (Å²) in [5.74, 6) is -2.08. The molecule has 0 aliphatic heterocycles. The molecule has 0 saturated carbocycles. The summed E-state index contributed by atoms with van der Waals surface area (Å²) in [7, 11) is 0. The van der Waals surface area contributed by atoms with Crippen LogP contribution >= 0.6 is 0 Å². The number of esters is 1. The van der Waals surface area contributed by atoms with Crippen LogP contribution in [0.3, 0.4) is 0 Å². The Labute approximate surface area is 274 Å². The van der Waals surface area contributed by atoms with Crippen LogP contribution in [0.25, 0.3) is 21.8 Å². The van der Waals surface area contributed by atoms with Gasteiger partial charge in [-0.25, -0.2) is 13.6 Å². The molecular weight excluding hydrogens is 660 g/mol. The zero-order valence-electron chi connectivity index (χ0n) is 25.7. The number of aliphatic hydroxyl groups is 1. The average Bonchev–Trinajstić information content (AvgIpc) is 3.62. The van der Waals surface area contributed by atoms with E-state index in [1.54, 1.807) is 46.7 Å². The van der Waals surface area contributed by atoms with Crippen LogP contribution in [0.15, 0.2) is 97.3 Å². The number of hydrogen-bond acceptors (Lipinski definition) is 3. The van der Waals surface area contributed by atoms with Crippen molar-refractivity contribution in [2.75, 3.05) is 6.61 Å². The quantitative estimate of drug-likeness (QED) is 0.134. The number of aliphatic hydroxyl groups excluding tert-OH is 1. The Balaban J connectivity index is 0.000000192. The molecule has 2 heterocycles. The van der Waals surface area contributed by atoms with E-state index in [0.717, 1.165) is 12.1 Å². The van der Waals surface area contributed by atoms with Crippen LogP contribution in [0.5, 0.6) is 0 Å². The minimum Gasteiger partial charge on any atom is -0.462 e. The van der Waals surface area contributed by atoms with Gasteiger partial charge in [-0.05, 0) is 66.6 Å². The van der Waals surface area contributed by atoms with Crippen molar-refractivity contribution in [3.05, 3.63) is 142 Å². The molecule has 0 fully saturated rings. The minimum absolute atomic E-state index is 0.00961. The Morgan fingerprint density at radius 2 is 1.14 bits per heavy atom. The van der Waals surface area contributed by atoms with Gasteiger partial charge < -0.3 is 19.0 Å². The first kappa shape index (κ1) is 35.1. The average molecular weight is 689 g/mol. The first-order chi connectivity index (χ1) is 23.2. The number of halogens is 8. The predicted molar refractivity (Wildman–Crippen MR) is 167 cm³/mol. The molecule has 2 aromatic heterocycles. The van der Waals surface area contributed by atoms with Crippen molar-refractivity contribution in [3.8, 4) is 0 Å². The van der Waals surface area contributed by atoms with Gasteiger partial charge in [0.25, 0.3) is 0 Å². The topological polar surface area (TPSA) is 56.4 Å². The van der Waals surface area contributed by atoms with E-state index in [4.69, 9.17) is 9.84 Å². The van der Waals surface area contributed by atoms with E-state index >= 15 is 0 Å². The lowest BCUT2D eigenvalue weighted by molar-refractivity contribution is -0.139. The molecule has 0 bridgehead atoms. The smallest absolute Gasteiger partial charge is 0.416 e. The fraction of sp³-hybridized carbons (Fsp3) is 0.194. The number of aromatic nitrogens is 2. The van der Waals surface area contributed by atoms with Crippen LogP contribution in [-0.4, -0.2) is 26.8 Å². The largest absolute Gasteiger partial charge is 0.462 e. The van der Waals surface area contributed by atoms with Crippen molar-refractivity contribution < 1.29 is 49.8 Å². The molecule has 0 amide bonds. The maximum Gasteiger partial charge on any atom is 0.416 e. The zero-order valence-corrected chi connectivity index (χ0v) is 25.7. The molecule has 0 radical (unpaired) electrons. The number of nitrogens with zero attached hydrogens (tertiary/aromatic N) is 2. The summed E-state index contributed by atoms with van der Waals surface area (Å²) in [5, 5.41) is 10.2. The molecule has 0 saturated heterocycles. The summed E-state index contributed by atoms with van der Waals surface area (Å²) < 4.78 is 114. The summed E-state index contributed by atoms with van der Waals surface area (Å²) >= 11 is 0. The number of carbonyl (C=O) groups is 1. The van der Waals surface area contributed by atoms with Crippen LogP contribution in [0.2, 0.25) is 0 Å². The number of carbonyl (C=O) groups excluding carboxylic acids is 1. The number of alkyl halides is 6. The van der Waals surface area contributed by atoms with E-state index in [0.29, 0.717) is 21.8 Å². The first-order valence-electron chi connectivity index (χ1n) is 14.8. The number of benzene rings is 4. The van der Waals surface area contributed by atoms with Crippen molar-refractivity contribution in [2.45, 2.75) is 39.0 Å². The van der Waals surface area contributed by atoms with Crippen LogP contribution in [0.4, 0.5) is 35.1 Å². The minimum atomic E-state index is -4.47. The third kappa shape index (κ3) is 7.78. The molecule has 0 atom stereocenters. The van der Waals surface area contributed by atoms with Crippen molar-refractivity contribution in [1.82, 2.24) is 9.13 Å². The van der Waals surface area contributed by atoms with Crippen molar-refractivity contribution >= 4 is 27.8 Å². The van der Waals surface area contributed by atoms with Crippen LogP contribution < -0.4 is 0 Å². The molecule has 256 valence electrons. The Hall–Kier alpha value is -5.17. The van der Waals surface area contributed by atoms with Crippen molar-refractivity contribution in [1.29, 1.82) is 0 Å². The lowest BCUT2D eigenvalue weighted by Crippen LogP contribution is -2.11. The Kier molecular flexibility index (Phi) is 10.1. The number of hydrogen-bond donors (Lipinski definition) is 1. The van der Waals surface area contributed by atoms with Gasteiger partial charge in [-0.2, -0.15) is 26.3 Å². The highest BCUT2D eigenvalue weighted by Crippen LogP contribution is 2.34. The van der Waals surface area contributed by atoms with Gasteiger partial charge in [0.1, 0.15) is 11.6 Å². The monoisotopic (exact) mass is 688 g/mol. The van der Waals surface area contributed by atoms with E-state index in [1.807, 2.05) is 0 Å². The number of ether oxygens (including phenoxy) is 1. The molecule has 6 aromatic rings. The van der Waals surface area contributed by atoms with Gasteiger partial charge in [0, 0.05) is 52.9 Å². The maximum atomic E-state index is 14.1. The van der Waals surface area contributed by atoms with Crippen LogP contribution in [-0.2, 0) is 36.8 Å². The Morgan fingerprint density at radius 3 is 1.61 bits per heavy atom. The van der Waals surface area contributed by atoms with E-state index in [1.165, 1.54) is 54.6 Å². The van der Waals surface area contributed by atoms with Gasteiger partial charge in [0.2, 0.25) is 0 Å². The molecular formula is C36H28F8N2O3. The van der Waals surface area contributed by atoms with E-state index in [-0.39, 0.29) is 42.0 Å². The van der Waals surface area contributed by atoms with Gasteiger partial charge in [0.15, 0.2) is 0 Å². The second-order valence-electron chi connectivity index (χ2n) is 11.0. The lowest BCUT2D eigenvalue weighted by atomic mass is 10.1. The van der Waals surface area contributed by atoms with Gasteiger partial charge in [-0.3, -0.25) is 0 Å². The lowest BCUT2D eigenvalue weighted by Gasteiger charge is -2.14. The summed E-state index contributed by atoms with van der Waals surface area (Å²) in [6.45, 7) is 1.18. The number of rotatable bonds is 7. The van der Waals surface area contributed by atoms with Gasteiger partial charge in [-0.1, -0.05) is 36.4 Å². The third-order valence-corrected chi connectivity index (χ3v) is 7.79. The highest BCUT2D eigenvalue weighted by atomic mass is 19.4. The Bertz CT molecular complexity index is 2110. The molecule has 13 heteroatoms. The maximum absolute atomic E-state index is 14.1. The highest BCUT2D eigenvalue weighted by molar-refractivity contribution is 5.95. The van der Waals surface area contributed by atoms with Gasteiger partial charge in [0.05, 0.1) is 29.9 Å². The van der Waals surface area contributed by atoms with E-state index < -0.39 is 47.7 Å². The van der Waals surface area contributed by atoms with E-state index in [9.17, 15) is 39.9 Å². The molecule has 5 nitrogen and oxygen atoms in total. The van der Waals surface area contributed by atoms with Gasteiger partial charge >= 0.3 is 18.3 Å². The van der Waals surface area contributed by atoms with Crippen LogP contribution in [0, 0.1) is 11.6 Å². The summed E-state index contributed by atoms with van der Waals surface area (Å²) in [5.41, 5.74) is -0.309. The second kappa shape index (κ2) is 14.1. The van der Waals surface area contributed by atoms with E-state index in [2.05, 4.69) is 0 Å². The molecule has 0 unspecified atom stereocenters. The van der Waals surface area contributed by atoms with Crippen LogP contribution in [0.1, 0.15) is 45.1 Å². The molecule has 49 heavy (non-hydrogen) atoms. The summed E-state index contributed by atoms with van der Waals surface area (Å²) in [6, 6.07) is 19.1. The fourth-order valence-electron chi connectivity index (χ4n) is 5.46. The summed E-state index contributed by atoms with van der Waals surface area (Å²) in [4.78, 5) is 11.9. The highest BCUT2D eigenvalue weighted by Gasteiger charge is 2.34. The first-order valence-corrected chi connectivity index (χ1v) is 14.8. The zero-order chi connectivity index (χ0) is 35.5. The Morgan fingerprint density at radius 1 is 0.673 bits per heavy atom. The standard InChI is InChI=1S/C19H15F4NO2.C17H13F4NO/c1-2-26-18(25)14-10-17-12(9-16(14)20)7-8-24(17)11-13-5-3-4-6-15(13)19(21,22)23;18-15-7-11-5-6-22(16(11)8-13(15)10-23)9-12-3-1-2-4-14(12)17(19,20)21/h3-10H,2,11H2,1H3;1-8,23H,9-10H2. The molecule has 4 aromatic carbocycles. The predicted octanol–water partition coefficient (Wildman–Crippen LogP) is 9.36. The third-order valence-electron chi connectivity index (χ3n) is 7.79. The molecule has 0 aliphatic rings. The fourth-order valence-corrected chi connectivity index (χ4v) is 5.46. The summed E-state index contributed by atoms with van der Waals surface area (Å²) in [6.07, 6.45) is -5.73. The number of fused-ring (bicyclic) bond motifs is 2. The molecule has 6 rings (SSSR count). The second-order valence-corrected chi connectivity index (χ2v) is 11.0. The van der Waals surface area contributed by atoms with Crippen molar-refractivity contribution in [3.63, 3.8) is 0 Å². The molecule has 1 N–H and O–H groups in total. The van der Waals surface area contributed by atoms with Crippen molar-refractivity contribution in [2.24, 2.45) is 0 Å².